The lowest BCUT2D eigenvalue weighted by Crippen LogP contribution is -2.26. The molecule has 0 fully saturated rings. The van der Waals surface area contributed by atoms with E-state index >= 15 is 0 Å². The summed E-state index contributed by atoms with van der Waals surface area (Å²) in [6, 6.07) is 3.73. The Kier molecular flexibility index (Phi) is 3.49. The van der Waals surface area contributed by atoms with Gasteiger partial charge in [0.05, 0.1) is 10.2 Å². The largest absolute Gasteiger partial charge is 0.347 e. The summed E-state index contributed by atoms with van der Waals surface area (Å²) in [4.78, 5) is 20.7. The van der Waals surface area contributed by atoms with E-state index in [1.807, 2.05) is 12.1 Å². The Labute approximate surface area is 125 Å². The van der Waals surface area contributed by atoms with Gasteiger partial charge in [0.25, 0.3) is 5.91 Å². The van der Waals surface area contributed by atoms with Crippen LogP contribution in [0.5, 0.6) is 0 Å². The fraction of sp³-hybridized carbons (Fsp3) is 0.143. The van der Waals surface area contributed by atoms with Gasteiger partial charge in [0, 0.05) is 37.8 Å². The summed E-state index contributed by atoms with van der Waals surface area (Å²) < 4.78 is 2.59. The molecule has 2 N–H and O–H groups in total. The number of aryl methyl sites for hydroxylation is 1. The van der Waals surface area contributed by atoms with E-state index in [1.54, 1.807) is 29.5 Å². The predicted molar refractivity (Wildman–Crippen MR) is 81.9 cm³/mol. The zero-order valence-electron chi connectivity index (χ0n) is 11.3. The number of carbonyl (C=O) groups excluding carboxylic acids is 1. The predicted octanol–water partition coefficient (Wildman–Crippen LogP) is 1.96. The lowest BCUT2D eigenvalue weighted by atomic mass is 10.2. The third-order valence-electron chi connectivity index (χ3n) is 3.24. The maximum atomic E-state index is 12.4. The molecule has 0 radical (unpaired) electrons. The fourth-order valence-electron chi connectivity index (χ4n) is 2.23. The molecule has 3 aromatic heterocycles. The Balaban J connectivity index is 1.89. The Morgan fingerprint density at radius 2 is 2.43 bits per heavy atom. The highest BCUT2D eigenvalue weighted by Crippen LogP contribution is 2.26. The third kappa shape index (κ3) is 2.31. The summed E-state index contributed by atoms with van der Waals surface area (Å²) in [6.45, 7) is 0.399. The van der Waals surface area contributed by atoms with Crippen molar-refractivity contribution in [3.63, 3.8) is 0 Å². The molecule has 3 aromatic rings. The molecule has 0 bridgehead atoms. The van der Waals surface area contributed by atoms with Crippen molar-refractivity contribution in [2.75, 3.05) is 0 Å². The van der Waals surface area contributed by atoms with Gasteiger partial charge < -0.3 is 15.3 Å². The van der Waals surface area contributed by atoms with Crippen molar-refractivity contribution in [3.8, 4) is 0 Å². The van der Waals surface area contributed by atoms with Gasteiger partial charge in [-0.1, -0.05) is 6.07 Å². The monoisotopic (exact) mass is 299 g/mol. The summed E-state index contributed by atoms with van der Waals surface area (Å²) in [7, 11) is 1.79. The molecule has 0 aliphatic rings. The van der Waals surface area contributed by atoms with Crippen molar-refractivity contribution in [2.45, 2.75) is 6.54 Å². The highest BCUT2D eigenvalue weighted by Gasteiger charge is 2.21. The highest BCUT2D eigenvalue weighted by atomic mass is 32.1. The van der Waals surface area contributed by atoms with Crippen LogP contribution in [0.3, 0.4) is 0 Å². The number of aromatic nitrogens is 3. The second-order valence-electron chi connectivity index (χ2n) is 4.51. The van der Waals surface area contributed by atoms with E-state index in [9.17, 15) is 4.79 Å². The number of amides is 1. The number of hydrogen-bond donors (Lipinski definition) is 2. The molecule has 106 valence electrons. The maximum absolute atomic E-state index is 12.4. The maximum Gasteiger partial charge on any atom is 0.268 e. The van der Waals surface area contributed by atoms with Crippen LogP contribution in [0.2, 0.25) is 0 Å². The summed E-state index contributed by atoms with van der Waals surface area (Å²) >= 11 is 1.43. The average molecular weight is 299 g/mol. The topological polar surface area (TPSA) is 83.7 Å². The summed E-state index contributed by atoms with van der Waals surface area (Å²) in [5.74, 6) is -0.218. The van der Waals surface area contributed by atoms with Gasteiger partial charge in [0.2, 0.25) is 0 Å². The van der Waals surface area contributed by atoms with Gasteiger partial charge in [0.15, 0.2) is 5.65 Å². The molecular formula is C14H13N5OS. The van der Waals surface area contributed by atoms with Crippen LogP contribution in [0.25, 0.3) is 10.3 Å². The van der Waals surface area contributed by atoms with Crippen LogP contribution in [0.1, 0.15) is 21.6 Å². The second-order valence-corrected chi connectivity index (χ2v) is 5.37. The van der Waals surface area contributed by atoms with Crippen LogP contribution in [0.15, 0.2) is 30.0 Å². The molecule has 0 aliphatic heterocycles. The summed E-state index contributed by atoms with van der Waals surface area (Å²) in [5.41, 5.74) is 4.44. The lowest BCUT2D eigenvalue weighted by molar-refractivity contribution is 0.0943. The Morgan fingerprint density at radius 1 is 1.57 bits per heavy atom. The van der Waals surface area contributed by atoms with Crippen molar-refractivity contribution in [1.82, 2.24) is 19.9 Å². The van der Waals surface area contributed by atoms with Crippen LogP contribution in [0.4, 0.5) is 0 Å². The van der Waals surface area contributed by atoms with Gasteiger partial charge in [-0.15, -0.1) is 11.3 Å². The molecule has 0 aromatic carbocycles. The minimum Gasteiger partial charge on any atom is -0.347 e. The van der Waals surface area contributed by atoms with Crippen molar-refractivity contribution < 1.29 is 4.79 Å². The van der Waals surface area contributed by atoms with Crippen molar-refractivity contribution >= 4 is 33.8 Å². The molecule has 7 heteroatoms. The number of carbonyl (C=O) groups is 1. The van der Waals surface area contributed by atoms with Crippen LogP contribution >= 0.6 is 11.3 Å². The highest BCUT2D eigenvalue weighted by molar-refractivity contribution is 7.17. The molecule has 21 heavy (non-hydrogen) atoms. The van der Waals surface area contributed by atoms with E-state index < -0.39 is 0 Å². The van der Waals surface area contributed by atoms with Crippen molar-refractivity contribution in [1.29, 1.82) is 5.41 Å². The van der Waals surface area contributed by atoms with E-state index in [0.717, 1.165) is 15.9 Å². The van der Waals surface area contributed by atoms with Crippen molar-refractivity contribution in [2.24, 2.45) is 7.05 Å². The number of rotatable bonds is 4. The lowest BCUT2D eigenvalue weighted by Gasteiger charge is -2.07. The fourth-order valence-corrected chi connectivity index (χ4v) is 3.07. The van der Waals surface area contributed by atoms with E-state index in [1.165, 1.54) is 17.6 Å². The Hall–Kier alpha value is -2.54. The van der Waals surface area contributed by atoms with E-state index in [4.69, 9.17) is 5.41 Å². The van der Waals surface area contributed by atoms with Gasteiger partial charge in [0.1, 0.15) is 5.69 Å². The van der Waals surface area contributed by atoms with Crippen LogP contribution < -0.4 is 5.32 Å². The number of nitrogens with one attached hydrogen (secondary N) is 2. The molecule has 0 atom stereocenters. The van der Waals surface area contributed by atoms with Gasteiger partial charge in [-0.25, -0.2) is 4.98 Å². The van der Waals surface area contributed by atoms with E-state index in [2.05, 4.69) is 15.3 Å². The smallest absolute Gasteiger partial charge is 0.268 e. The Bertz CT molecular complexity index is 805. The molecule has 3 heterocycles. The van der Waals surface area contributed by atoms with Crippen LogP contribution in [0, 0.1) is 5.41 Å². The molecule has 0 aliphatic carbocycles. The first-order valence-electron chi connectivity index (χ1n) is 6.32. The normalized spacial score (nSPS) is 10.7. The summed E-state index contributed by atoms with van der Waals surface area (Å²) in [6.07, 6.45) is 4.61. The minimum absolute atomic E-state index is 0.218. The minimum atomic E-state index is -0.218. The molecule has 0 spiro atoms. The SMILES string of the molecule is Cn1c(C(=O)NCc2cccnc2)c(C=N)c2scnc21. The van der Waals surface area contributed by atoms with Gasteiger partial charge >= 0.3 is 0 Å². The third-order valence-corrected chi connectivity index (χ3v) is 4.09. The molecule has 0 saturated carbocycles. The molecule has 0 unspecified atom stereocenters. The second kappa shape index (κ2) is 5.45. The number of pyridine rings is 1. The first-order chi connectivity index (χ1) is 10.2. The molecule has 3 rings (SSSR count). The average Bonchev–Trinajstić information content (AvgIpc) is 3.08. The Morgan fingerprint density at radius 3 is 3.14 bits per heavy atom. The van der Waals surface area contributed by atoms with Crippen molar-refractivity contribution in [3.05, 3.63) is 46.9 Å². The van der Waals surface area contributed by atoms with Gasteiger partial charge in [-0.2, -0.15) is 0 Å². The van der Waals surface area contributed by atoms with Crippen LogP contribution in [-0.4, -0.2) is 26.7 Å². The molecular weight excluding hydrogens is 286 g/mol. The molecule has 0 saturated heterocycles. The zero-order chi connectivity index (χ0) is 14.8. The first kappa shape index (κ1) is 13.4. The summed E-state index contributed by atoms with van der Waals surface area (Å²) in [5, 5.41) is 10.4. The first-order valence-corrected chi connectivity index (χ1v) is 7.19. The number of fused-ring (bicyclic) bond motifs is 1. The number of thiazole rings is 1. The standard InChI is InChI=1S/C14H13N5OS/c1-19-11(10(5-15)12-13(19)18-8-21-12)14(20)17-7-9-3-2-4-16-6-9/h2-6,8,15H,7H2,1H3,(H,17,20). The van der Waals surface area contributed by atoms with Crippen LogP contribution in [-0.2, 0) is 13.6 Å². The van der Waals surface area contributed by atoms with Gasteiger partial charge in [-0.05, 0) is 11.6 Å². The zero-order valence-corrected chi connectivity index (χ0v) is 12.1. The van der Waals surface area contributed by atoms with Gasteiger partial charge in [-0.3, -0.25) is 9.78 Å². The molecule has 1 amide bonds. The molecule has 6 nitrogen and oxygen atoms in total. The number of hydrogen-bond acceptors (Lipinski definition) is 5. The quantitative estimate of drug-likeness (QED) is 0.722. The van der Waals surface area contributed by atoms with E-state index in [-0.39, 0.29) is 5.91 Å². The number of nitrogens with zero attached hydrogens (tertiary/aromatic N) is 3. The van der Waals surface area contributed by atoms with E-state index in [0.29, 0.717) is 17.8 Å².